The van der Waals surface area contributed by atoms with Crippen LogP contribution < -0.4 is 0 Å². The molecule has 0 aromatic carbocycles. The van der Waals surface area contributed by atoms with Crippen molar-refractivity contribution in [3.05, 3.63) is 0 Å². The zero-order valence-electron chi connectivity index (χ0n) is 11.3. The van der Waals surface area contributed by atoms with Gasteiger partial charge in [-0.2, -0.15) is 0 Å². The zero-order valence-corrected chi connectivity index (χ0v) is 14.3. The smallest absolute Gasteiger partial charge is 0.307 e. The van der Waals surface area contributed by atoms with Gasteiger partial charge in [-0.15, -0.1) is 4.55 Å². The SMILES string of the molecule is CCCCCCCCCCCCC[CH2][Mg][Br]. The van der Waals surface area contributed by atoms with Crippen LogP contribution in [0.5, 0.6) is 0 Å². The lowest BCUT2D eigenvalue weighted by atomic mass is 10.1. The van der Waals surface area contributed by atoms with Crippen LogP contribution in [0.2, 0.25) is 4.55 Å². The molecule has 0 rings (SSSR count). The van der Waals surface area contributed by atoms with E-state index >= 15 is 0 Å². The van der Waals surface area contributed by atoms with Crippen molar-refractivity contribution >= 4 is 31.1 Å². The monoisotopic (exact) mass is 300 g/mol. The second-order valence-electron chi connectivity index (χ2n) is 4.93. The summed E-state index contributed by atoms with van der Waals surface area (Å²) in [7, 11) is 0. The fraction of sp³-hybridized carbons (Fsp3) is 1.00. The zero-order chi connectivity index (χ0) is 11.9. The molecule has 0 saturated heterocycles. The van der Waals surface area contributed by atoms with Crippen LogP contribution in [0.1, 0.15) is 84.0 Å². The minimum atomic E-state index is 0.168. The molecule has 0 nitrogen and oxygen atoms in total. The topological polar surface area (TPSA) is 0 Å². The molecule has 0 spiro atoms. The van der Waals surface area contributed by atoms with Gasteiger partial charge in [0, 0.05) is 0 Å². The average Bonchev–Trinajstić information content (AvgIpc) is 2.31. The van der Waals surface area contributed by atoms with Crippen molar-refractivity contribution in [2.75, 3.05) is 0 Å². The largest absolute Gasteiger partial charge is 0.468 e. The van der Waals surface area contributed by atoms with Gasteiger partial charge in [0.15, 0.2) is 0 Å². The molecule has 0 fully saturated rings. The highest BCUT2D eigenvalue weighted by Gasteiger charge is 1.93. The molecule has 0 saturated carbocycles. The Balaban J connectivity index is 2.83. The molecule has 0 aliphatic heterocycles. The second kappa shape index (κ2) is 16.2. The summed E-state index contributed by atoms with van der Waals surface area (Å²) in [5, 5.41) is 0. The van der Waals surface area contributed by atoms with Crippen molar-refractivity contribution in [2.45, 2.75) is 88.5 Å². The lowest BCUT2D eigenvalue weighted by Crippen LogP contribution is -1.83. The first-order valence-electron chi connectivity index (χ1n) is 7.47. The number of hydrogen-bond acceptors (Lipinski definition) is 0. The fourth-order valence-corrected chi connectivity index (χ4v) is 3.84. The molecule has 2 heteroatoms. The molecule has 0 aliphatic rings. The molecule has 0 heterocycles. The van der Waals surface area contributed by atoms with Gasteiger partial charge in [-0.05, 0) is 0 Å². The fourth-order valence-electron chi connectivity index (χ4n) is 2.11. The minimum Gasteiger partial charge on any atom is -0.307 e. The van der Waals surface area contributed by atoms with Crippen LogP contribution in [0, 0.1) is 0 Å². The van der Waals surface area contributed by atoms with E-state index in [0.717, 1.165) is 0 Å². The molecule has 0 aliphatic carbocycles. The lowest BCUT2D eigenvalue weighted by molar-refractivity contribution is 0.548. The quantitative estimate of drug-likeness (QED) is 0.284. The number of unbranched alkanes of at least 4 members (excludes halogenated alkanes) is 11. The molecule has 0 radical (unpaired) electrons. The molecule has 0 amide bonds. The Morgan fingerprint density at radius 2 is 1.00 bits per heavy atom. The highest BCUT2D eigenvalue weighted by molar-refractivity contribution is 9.23. The van der Waals surface area contributed by atoms with Crippen LogP contribution in [-0.2, 0) is 0 Å². The molecular formula is C14H29BrMg. The lowest BCUT2D eigenvalue weighted by Gasteiger charge is -2.02. The summed E-state index contributed by atoms with van der Waals surface area (Å²) in [5.74, 6) is 0. The molecule has 0 bridgehead atoms. The van der Waals surface area contributed by atoms with Crippen LogP contribution >= 0.6 is 12.9 Å². The van der Waals surface area contributed by atoms with Crippen LogP contribution in [0.3, 0.4) is 0 Å². The normalized spacial score (nSPS) is 10.4. The summed E-state index contributed by atoms with van der Waals surface area (Å²) in [6, 6.07) is 0. The number of halogens is 1. The second-order valence-corrected chi connectivity index (χ2v) is 8.40. The van der Waals surface area contributed by atoms with Crippen molar-refractivity contribution in [1.29, 1.82) is 0 Å². The Morgan fingerprint density at radius 1 is 0.625 bits per heavy atom. The van der Waals surface area contributed by atoms with E-state index in [2.05, 4.69) is 19.8 Å². The van der Waals surface area contributed by atoms with Gasteiger partial charge >= 0.3 is 18.2 Å². The third-order valence-corrected chi connectivity index (χ3v) is 5.69. The molecule has 0 aromatic rings. The van der Waals surface area contributed by atoms with E-state index in [4.69, 9.17) is 0 Å². The number of hydrogen-bond donors (Lipinski definition) is 0. The van der Waals surface area contributed by atoms with Crippen molar-refractivity contribution < 1.29 is 0 Å². The van der Waals surface area contributed by atoms with Gasteiger partial charge in [0.1, 0.15) is 0 Å². The van der Waals surface area contributed by atoms with E-state index < -0.39 is 0 Å². The van der Waals surface area contributed by atoms with Crippen molar-refractivity contribution in [3.8, 4) is 0 Å². The van der Waals surface area contributed by atoms with Crippen LogP contribution in [0.25, 0.3) is 0 Å². The minimum absolute atomic E-state index is 0.168. The summed E-state index contributed by atoms with van der Waals surface area (Å²) < 4.78 is 1.50. The van der Waals surface area contributed by atoms with E-state index in [1.54, 1.807) is 0 Å². The highest BCUT2D eigenvalue weighted by Crippen LogP contribution is 2.12. The Morgan fingerprint density at radius 3 is 1.38 bits per heavy atom. The third kappa shape index (κ3) is 15.2. The summed E-state index contributed by atoms with van der Waals surface area (Å²) in [5.41, 5.74) is 0. The summed E-state index contributed by atoms with van der Waals surface area (Å²) in [6.07, 6.45) is 17.6. The van der Waals surface area contributed by atoms with E-state index in [1.165, 1.54) is 81.6 Å². The predicted octanol–water partition coefficient (Wildman–Crippen LogP) is 6.12. The number of rotatable bonds is 13. The molecule has 0 N–H and O–H groups in total. The summed E-state index contributed by atoms with van der Waals surface area (Å²) in [4.78, 5) is 0. The van der Waals surface area contributed by atoms with E-state index in [9.17, 15) is 0 Å². The third-order valence-electron chi connectivity index (χ3n) is 3.24. The van der Waals surface area contributed by atoms with Crippen molar-refractivity contribution in [3.63, 3.8) is 0 Å². The van der Waals surface area contributed by atoms with Crippen molar-refractivity contribution in [2.24, 2.45) is 0 Å². The van der Waals surface area contributed by atoms with Crippen LogP contribution in [-0.4, -0.2) is 18.2 Å². The maximum absolute atomic E-state index is 3.62. The van der Waals surface area contributed by atoms with Gasteiger partial charge in [0.25, 0.3) is 0 Å². The Labute approximate surface area is 119 Å². The standard InChI is InChI=1S/C14H29.BrH.Mg/c1-3-5-7-9-11-13-14-12-10-8-6-4-2;;/h1,3-14H2,2H3;1H;/q;;+1/p-1. The van der Waals surface area contributed by atoms with Gasteiger partial charge in [-0.3, -0.25) is 0 Å². The molecule has 0 unspecified atom stereocenters. The summed E-state index contributed by atoms with van der Waals surface area (Å²) >= 11 is 3.79. The van der Waals surface area contributed by atoms with Gasteiger partial charge in [-0.25, -0.2) is 0 Å². The van der Waals surface area contributed by atoms with Gasteiger partial charge in [-0.1, -0.05) is 84.0 Å². The van der Waals surface area contributed by atoms with Crippen LogP contribution in [0.4, 0.5) is 0 Å². The molecule has 94 valence electrons. The molecule has 16 heavy (non-hydrogen) atoms. The first-order valence-corrected chi connectivity index (χ1v) is 12.4. The first-order chi connectivity index (χ1) is 7.91. The molecule has 0 atom stereocenters. The van der Waals surface area contributed by atoms with Gasteiger partial charge in [0.05, 0.1) is 0 Å². The Hall–Kier alpha value is 1.25. The Bertz CT molecular complexity index is 103. The molecule has 0 aromatic heterocycles. The van der Waals surface area contributed by atoms with E-state index in [0.29, 0.717) is 0 Å². The highest BCUT2D eigenvalue weighted by atomic mass is 79.9. The predicted molar refractivity (Wildman–Crippen MR) is 80.6 cm³/mol. The average molecular weight is 302 g/mol. The van der Waals surface area contributed by atoms with Gasteiger partial charge in [0.2, 0.25) is 0 Å². The first kappa shape index (κ1) is 17.2. The maximum Gasteiger partial charge on any atom is 0.468 e. The van der Waals surface area contributed by atoms with E-state index in [-0.39, 0.29) is 18.2 Å². The molecular weight excluding hydrogens is 272 g/mol. The Kier molecular flexibility index (Phi) is 17.5. The van der Waals surface area contributed by atoms with Crippen molar-refractivity contribution in [1.82, 2.24) is 0 Å². The maximum atomic E-state index is 3.62. The summed E-state index contributed by atoms with van der Waals surface area (Å²) in [6.45, 7) is 2.29. The van der Waals surface area contributed by atoms with E-state index in [1.807, 2.05) is 0 Å². The van der Waals surface area contributed by atoms with Crippen LogP contribution in [0.15, 0.2) is 0 Å². The van der Waals surface area contributed by atoms with Gasteiger partial charge < -0.3 is 12.9 Å².